The van der Waals surface area contributed by atoms with Crippen LogP contribution in [0.15, 0.2) is 66.7 Å². The van der Waals surface area contributed by atoms with Gasteiger partial charge in [0, 0.05) is 48.5 Å². The first-order valence-corrected chi connectivity index (χ1v) is 14.9. The van der Waals surface area contributed by atoms with E-state index in [1.54, 1.807) is 30.3 Å². The number of carboxylic acids is 1. The van der Waals surface area contributed by atoms with Crippen molar-refractivity contribution in [2.75, 3.05) is 43.9 Å². The number of aryl methyl sites for hydroxylation is 1. The normalized spacial score (nSPS) is 19.7. The number of nitrogens with zero attached hydrogens (tertiary/aromatic N) is 2. The summed E-state index contributed by atoms with van der Waals surface area (Å²) >= 11 is 0. The fourth-order valence-corrected chi connectivity index (χ4v) is 5.78. The van der Waals surface area contributed by atoms with Gasteiger partial charge in [-0.15, -0.1) is 0 Å². The monoisotopic (exact) mass is 597 g/mol. The Labute approximate surface area is 257 Å². The Morgan fingerprint density at radius 2 is 1.68 bits per heavy atom. The minimum Gasteiger partial charge on any atom is -0.478 e. The number of rotatable bonds is 10. The smallest absolute Gasteiger partial charge is 0.336 e. The van der Waals surface area contributed by atoms with Crippen LogP contribution in [0, 0.1) is 0 Å². The van der Waals surface area contributed by atoms with Gasteiger partial charge in [0.05, 0.1) is 29.1 Å². The van der Waals surface area contributed by atoms with Gasteiger partial charge >= 0.3 is 5.97 Å². The summed E-state index contributed by atoms with van der Waals surface area (Å²) in [5.74, 6) is -1.71. The molecule has 0 saturated carbocycles. The van der Waals surface area contributed by atoms with Gasteiger partial charge in [0.2, 0.25) is 0 Å². The van der Waals surface area contributed by atoms with Crippen LogP contribution in [0.25, 0.3) is 11.3 Å². The Bertz CT molecular complexity index is 1560. The van der Waals surface area contributed by atoms with E-state index in [0.29, 0.717) is 64.4 Å². The summed E-state index contributed by atoms with van der Waals surface area (Å²) in [6, 6.07) is 20.6. The number of hydrogen-bond donors (Lipinski definition) is 4. The van der Waals surface area contributed by atoms with E-state index in [2.05, 4.69) is 46.8 Å². The number of carboxylic acid groups (broad SMARTS) is 1. The van der Waals surface area contributed by atoms with Crippen LogP contribution in [0.1, 0.15) is 58.2 Å². The second-order valence-corrected chi connectivity index (χ2v) is 11.4. The highest BCUT2D eigenvalue weighted by Crippen LogP contribution is 2.39. The van der Waals surface area contributed by atoms with E-state index >= 15 is 0 Å². The summed E-state index contributed by atoms with van der Waals surface area (Å²) in [5, 5.41) is 15.9. The van der Waals surface area contributed by atoms with E-state index in [4.69, 9.17) is 4.84 Å². The minimum absolute atomic E-state index is 0.170. The Kier molecular flexibility index (Phi) is 9.43. The molecule has 2 aliphatic rings. The van der Waals surface area contributed by atoms with Gasteiger partial charge in [0.1, 0.15) is 0 Å². The van der Waals surface area contributed by atoms with Gasteiger partial charge < -0.3 is 15.7 Å². The molecule has 0 radical (unpaired) electrons. The maximum atomic E-state index is 13.3. The molecule has 2 heterocycles. The number of likely N-dealkylation sites (N-methyl/N-ethyl adjacent to an activating group) is 1. The SMILES string of the molecule is CCc1cc2c(cc1C(=O)O)NC(=O)C2=C(Nc1ccc(C(=O)NOCCN2C[C@@H](C)N(C)[C@@H](C)C2)cc1)c1ccccc1. The Balaban J connectivity index is 1.31. The van der Waals surface area contributed by atoms with Crippen molar-refractivity contribution in [2.24, 2.45) is 0 Å². The Morgan fingerprint density at radius 3 is 2.32 bits per heavy atom. The molecule has 2 aliphatic heterocycles. The lowest BCUT2D eigenvalue weighted by Gasteiger charge is -2.42. The zero-order chi connectivity index (χ0) is 31.4. The molecule has 0 aromatic heterocycles. The maximum absolute atomic E-state index is 13.3. The first-order chi connectivity index (χ1) is 21.2. The molecule has 1 saturated heterocycles. The van der Waals surface area contributed by atoms with Crippen LogP contribution in [-0.2, 0) is 16.1 Å². The predicted molar refractivity (Wildman–Crippen MR) is 171 cm³/mol. The number of benzene rings is 3. The molecule has 10 heteroatoms. The molecule has 0 spiro atoms. The molecule has 2 amide bonds. The van der Waals surface area contributed by atoms with Gasteiger partial charge in [-0.05, 0) is 74.8 Å². The minimum atomic E-state index is -1.04. The van der Waals surface area contributed by atoms with Crippen molar-refractivity contribution < 1.29 is 24.3 Å². The largest absolute Gasteiger partial charge is 0.478 e. The zero-order valence-electron chi connectivity index (χ0n) is 25.5. The number of fused-ring (bicyclic) bond motifs is 1. The van der Waals surface area contributed by atoms with Crippen molar-refractivity contribution in [1.82, 2.24) is 15.3 Å². The van der Waals surface area contributed by atoms with Gasteiger partial charge in [-0.3, -0.25) is 24.2 Å². The zero-order valence-corrected chi connectivity index (χ0v) is 25.5. The molecule has 1 fully saturated rings. The van der Waals surface area contributed by atoms with E-state index in [9.17, 15) is 19.5 Å². The number of nitrogens with one attached hydrogen (secondary N) is 3. The Morgan fingerprint density at radius 1 is 1.00 bits per heavy atom. The van der Waals surface area contributed by atoms with Crippen molar-refractivity contribution in [3.8, 4) is 0 Å². The van der Waals surface area contributed by atoms with Crippen molar-refractivity contribution >= 4 is 40.4 Å². The quantitative estimate of drug-likeness (QED) is 0.152. The highest BCUT2D eigenvalue weighted by molar-refractivity contribution is 6.37. The van der Waals surface area contributed by atoms with E-state index in [0.717, 1.165) is 25.2 Å². The van der Waals surface area contributed by atoms with Gasteiger partial charge in [0.15, 0.2) is 0 Å². The van der Waals surface area contributed by atoms with Crippen molar-refractivity contribution in [3.05, 3.63) is 94.5 Å². The second-order valence-electron chi connectivity index (χ2n) is 11.4. The predicted octanol–water partition coefficient (Wildman–Crippen LogP) is 4.57. The molecule has 4 N–H and O–H groups in total. The molecule has 5 rings (SSSR count). The first-order valence-electron chi connectivity index (χ1n) is 14.9. The molecule has 10 nitrogen and oxygen atoms in total. The number of aromatic carboxylic acids is 1. The number of carbonyl (C=O) groups is 3. The van der Waals surface area contributed by atoms with Gasteiger partial charge in [-0.1, -0.05) is 37.3 Å². The molecule has 3 aromatic rings. The molecule has 2 atom stereocenters. The molecule has 0 unspecified atom stereocenters. The average molecular weight is 598 g/mol. The highest BCUT2D eigenvalue weighted by Gasteiger charge is 2.31. The highest BCUT2D eigenvalue weighted by atomic mass is 16.7. The summed E-state index contributed by atoms with van der Waals surface area (Å²) in [6.07, 6.45) is 0.506. The first kappa shape index (κ1) is 30.9. The van der Waals surface area contributed by atoms with E-state index in [1.807, 2.05) is 37.3 Å². The fourth-order valence-electron chi connectivity index (χ4n) is 5.78. The van der Waals surface area contributed by atoms with Crippen molar-refractivity contribution in [2.45, 2.75) is 39.3 Å². The number of hydroxylamine groups is 1. The molecule has 0 aliphatic carbocycles. The molecule has 0 bridgehead atoms. The lowest BCUT2D eigenvalue weighted by atomic mass is 9.95. The van der Waals surface area contributed by atoms with Gasteiger partial charge in [0.25, 0.3) is 11.8 Å². The second kappa shape index (κ2) is 13.4. The van der Waals surface area contributed by atoms with Crippen LogP contribution in [-0.4, -0.2) is 78.1 Å². The molecular weight excluding hydrogens is 558 g/mol. The summed E-state index contributed by atoms with van der Waals surface area (Å²) in [6.45, 7) is 9.35. The number of amides is 2. The third kappa shape index (κ3) is 6.67. The number of hydrogen-bond acceptors (Lipinski definition) is 7. The molecular formula is C34H39N5O5. The van der Waals surface area contributed by atoms with Gasteiger partial charge in [-0.2, -0.15) is 0 Å². The number of anilines is 2. The third-order valence-corrected chi connectivity index (χ3v) is 8.44. The summed E-state index contributed by atoms with van der Waals surface area (Å²) in [5.41, 5.74) is 7.32. The van der Waals surface area contributed by atoms with Crippen molar-refractivity contribution in [3.63, 3.8) is 0 Å². The molecule has 230 valence electrons. The van der Waals surface area contributed by atoms with E-state index in [1.165, 1.54) is 6.07 Å². The summed E-state index contributed by atoms with van der Waals surface area (Å²) in [4.78, 5) is 48.1. The standard InChI is InChI=1S/C34H39N5O5/c1-5-23-17-28-29(18-27(23)34(42)43)36-33(41)30(28)31(24-9-7-6-8-10-24)35-26-13-11-25(12-14-26)32(40)37-44-16-15-39-19-21(2)38(4)22(3)20-39/h6-14,17-18,21-22,35H,5,15-16,19-20H2,1-4H3,(H,36,41)(H,37,40)(H,42,43)/t21-,22+. The Hall–Kier alpha value is -4.51. The lowest BCUT2D eigenvalue weighted by molar-refractivity contribution is -0.110. The van der Waals surface area contributed by atoms with Crippen molar-refractivity contribution in [1.29, 1.82) is 0 Å². The molecule has 44 heavy (non-hydrogen) atoms. The van der Waals surface area contributed by atoms with E-state index in [-0.39, 0.29) is 17.4 Å². The summed E-state index contributed by atoms with van der Waals surface area (Å²) < 4.78 is 0. The van der Waals surface area contributed by atoms with E-state index < -0.39 is 5.97 Å². The van der Waals surface area contributed by atoms with Crippen LogP contribution in [0.4, 0.5) is 11.4 Å². The topological polar surface area (TPSA) is 123 Å². The third-order valence-electron chi connectivity index (χ3n) is 8.44. The van der Waals surface area contributed by atoms with Crippen LogP contribution in [0.2, 0.25) is 0 Å². The number of piperazine rings is 1. The van der Waals surface area contributed by atoms with Gasteiger partial charge in [-0.25, -0.2) is 10.3 Å². The average Bonchev–Trinajstić information content (AvgIpc) is 3.34. The van der Waals surface area contributed by atoms with Crippen LogP contribution >= 0.6 is 0 Å². The summed E-state index contributed by atoms with van der Waals surface area (Å²) in [7, 11) is 2.15. The lowest BCUT2D eigenvalue weighted by Crippen LogP contribution is -2.55. The van der Waals surface area contributed by atoms with Crippen LogP contribution < -0.4 is 16.1 Å². The van der Waals surface area contributed by atoms with Crippen LogP contribution in [0.3, 0.4) is 0 Å². The maximum Gasteiger partial charge on any atom is 0.336 e. The van der Waals surface area contributed by atoms with Crippen LogP contribution in [0.5, 0.6) is 0 Å². The molecule has 3 aromatic carbocycles. The fraction of sp³-hybridized carbons (Fsp3) is 0.324. The number of carbonyl (C=O) groups excluding carboxylic acids is 2.